The van der Waals surface area contributed by atoms with Crippen LogP contribution in [0.5, 0.6) is 0 Å². The molecular weight excluding hydrogens is 459 g/mol. The van der Waals surface area contributed by atoms with Gasteiger partial charge >= 0.3 is 35.0 Å². The molecule has 1 atom stereocenters. The molecule has 1 amide bonds. The number of halogens is 7. The average molecular weight is 476 g/mol. The maximum Gasteiger partial charge on any atom is 0.466 e. The number of alkyl halides is 7. The zero-order chi connectivity index (χ0) is 24.0. The molecule has 0 aromatic rings. The molecule has 0 spiro atoms. The third-order valence-electron chi connectivity index (χ3n) is 3.36. The zero-order valence-corrected chi connectivity index (χ0v) is 16.0. The van der Waals surface area contributed by atoms with Gasteiger partial charge in [-0.2, -0.15) is 30.7 Å². The van der Waals surface area contributed by atoms with E-state index in [4.69, 9.17) is 0 Å². The molecule has 0 aromatic heterocycles. The first-order valence-electron chi connectivity index (χ1n) is 7.95. The Labute approximate surface area is 166 Å². The second-order valence-electron chi connectivity index (χ2n) is 5.62. The normalized spacial score (nSPS) is 15.2. The number of esters is 1. The van der Waals surface area contributed by atoms with Crippen molar-refractivity contribution < 1.29 is 62.8 Å². The minimum absolute atomic E-state index is 0.154. The van der Waals surface area contributed by atoms with Crippen LogP contribution in [0.15, 0.2) is 12.7 Å². The second kappa shape index (κ2) is 9.91. The summed E-state index contributed by atoms with van der Waals surface area (Å²) in [7, 11) is -6.90. The fraction of sp³-hybridized carbons (Fsp3) is 0.714. The standard InChI is InChI=1S/C14H18F7NO7S/c1-3-5-7-22-10(24)12(13(17,18)19,29-9(23)4-2)28-8-6-11(15,16)14(20,21)30(25,26)27/h4H,2-3,5-8H2,1H3,(H,22,24)(H,25,26,27)/p-1. The van der Waals surface area contributed by atoms with Crippen molar-refractivity contribution in [3.05, 3.63) is 12.7 Å². The highest BCUT2D eigenvalue weighted by molar-refractivity contribution is 7.86. The summed E-state index contributed by atoms with van der Waals surface area (Å²) < 4.78 is 132. The summed E-state index contributed by atoms with van der Waals surface area (Å²) in [6, 6.07) is 0. The highest BCUT2D eigenvalue weighted by atomic mass is 32.2. The lowest BCUT2D eigenvalue weighted by Crippen LogP contribution is -2.62. The number of ether oxygens (including phenoxy) is 2. The Morgan fingerprint density at radius 1 is 1.13 bits per heavy atom. The Hall–Kier alpha value is -1.94. The number of unbranched alkanes of at least 4 members (excludes halogenated alkanes) is 1. The molecule has 30 heavy (non-hydrogen) atoms. The summed E-state index contributed by atoms with van der Waals surface area (Å²) in [5, 5.41) is -4.50. The molecule has 8 nitrogen and oxygen atoms in total. The molecule has 0 fully saturated rings. The van der Waals surface area contributed by atoms with Gasteiger partial charge in [0.1, 0.15) is 0 Å². The zero-order valence-electron chi connectivity index (χ0n) is 15.2. The van der Waals surface area contributed by atoms with E-state index in [0.717, 1.165) is 0 Å². The van der Waals surface area contributed by atoms with Crippen LogP contribution < -0.4 is 5.32 Å². The predicted molar refractivity (Wildman–Crippen MR) is 83.2 cm³/mol. The van der Waals surface area contributed by atoms with Gasteiger partial charge in [0.25, 0.3) is 0 Å². The van der Waals surface area contributed by atoms with Gasteiger partial charge in [-0.1, -0.05) is 19.9 Å². The molecule has 1 N–H and O–H groups in total. The van der Waals surface area contributed by atoms with Crippen LogP contribution >= 0.6 is 0 Å². The van der Waals surface area contributed by atoms with Crippen LogP contribution in [0.4, 0.5) is 30.7 Å². The number of nitrogens with one attached hydrogen (secondary N) is 1. The molecule has 0 radical (unpaired) electrons. The molecule has 0 aliphatic rings. The van der Waals surface area contributed by atoms with Crippen molar-refractivity contribution in [1.82, 2.24) is 5.32 Å². The van der Waals surface area contributed by atoms with Gasteiger partial charge in [0.15, 0.2) is 10.1 Å². The van der Waals surface area contributed by atoms with Crippen molar-refractivity contribution in [3.63, 3.8) is 0 Å². The second-order valence-corrected chi connectivity index (χ2v) is 7.04. The quantitative estimate of drug-likeness (QED) is 0.114. The molecule has 0 saturated heterocycles. The number of hydrogen-bond acceptors (Lipinski definition) is 7. The molecular formula is C14H17F7NO7S-. The summed E-state index contributed by atoms with van der Waals surface area (Å²) in [6.07, 6.45) is -7.61. The predicted octanol–water partition coefficient (Wildman–Crippen LogP) is 2.07. The van der Waals surface area contributed by atoms with Gasteiger partial charge < -0.3 is 19.3 Å². The Morgan fingerprint density at radius 2 is 1.67 bits per heavy atom. The number of rotatable bonds is 12. The van der Waals surface area contributed by atoms with Crippen molar-refractivity contribution in [3.8, 4) is 0 Å². The summed E-state index contributed by atoms with van der Waals surface area (Å²) in [5.74, 6) is -14.2. The molecule has 0 heterocycles. The van der Waals surface area contributed by atoms with Gasteiger partial charge in [0.2, 0.25) is 0 Å². The fourth-order valence-corrected chi connectivity index (χ4v) is 2.21. The third kappa shape index (κ3) is 6.28. The van der Waals surface area contributed by atoms with Gasteiger partial charge in [-0.05, 0) is 6.42 Å². The molecule has 0 aliphatic heterocycles. The van der Waals surface area contributed by atoms with Crippen molar-refractivity contribution in [2.45, 2.75) is 49.3 Å². The highest BCUT2D eigenvalue weighted by Crippen LogP contribution is 2.42. The van der Waals surface area contributed by atoms with E-state index in [2.05, 4.69) is 16.1 Å². The summed E-state index contributed by atoms with van der Waals surface area (Å²) in [5.41, 5.74) is 0. The lowest BCUT2D eigenvalue weighted by Gasteiger charge is -2.34. The summed E-state index contributed by atoms with van der Waals surface area (Å²) in [6.45, 7) is 1.94. The topological polar surface area (TPSA) is 122 Å². The number of carbonyl (C=O) groups excluding carboxylic acids is 2. The van der Waals surface area contributed by atoms with E-state index in [1.807, 2.05) is 0 Å². The SMILES string of the molecule is C=CC(=O)OC(OCCC(F)(F)C(F)(F)S(=O)(=O)[O-])(C(=O)NCCCC)C(F)(F)F. The first kappa shape index (κ1) is 28.1. The monoisotopic (exact) mass is 476 g/mol. The highest BCUT2D eigenvalue weighted by Gasteiger charge is 2.67. The fourth-order valence-electron chi connectivity index (χ4n) is 1.74. The number of carbonyl (C=O) groups is 2. The Bertz CT molecular complexity index is 739. The van der Waals surface area contributed by atoms with Crippen LogP contribution in [0, 0.1) is 0 Å². The van der Waals surface area contributed by atoms with Gasteiger partial charge in [-0.25, -0.2) is 13.2 Å². The molecule has 16 heteroatoms. The van der Waals surface area contributed by atoms with E-state index in [1.165, 1.54) is 0 Å². The van der Waals surface area contributed by atoms with Crippen molar-refractivity contribution in [1.29, 1.82) is 0 Å². The minimum atomic E-state index is -6.90. The molecule has 0 bridgehead atoms. The Morgan fingerprint density at radius 3 is 2.07 bits per heavy atom. The summed E-state index contributed by atoms with van der Waals surface area (Å²) >= 11 is 0. The third-order valence-corrected chi connectivity index (χ3v) is 4.29. The molecule has 0 saturated carbocycles. The van der Waals surface area contributed by atoms with Crippen LogP contribution in [0.3, 0.4) is 0 Å². The maximum absolute atomic E-state index is 13.5. The van der Waals surface area contributed by atoms with E-state index in [-0.39, 0.29) is 19.0 Å². The first-order chi connectivity index (χ1) is 13.4. The van der Waals surface area contributed by atoms with E-state index >= 15 is 0 Å². The van der Waals surface area contributed by atoms with Crippen LogP contribution in [0.1, 0.15) is 26.2 Å². The molecule has 0 rings (SSSR count). The van der Waals surface area contributed by atoms with Crippen LogP contribution in [0.2, 0.25) is 0 Å². The van der Waals surface area contributed by atoms with Crippen LogP contribution in [0.25, 0.3) is 0 Å². The smallest absolute Gasteiger partial charge is 0.466 e. The van der Waals surface area contributed by atoms with E-state index in [9.17, 15) is 53.3 Å². The lowest BCUT2D eigenvalue weighted by atomic mass is 10.2. The Kier molecular flexibility index (Phi) is 9.27. The maximum atomic E-state index is 13.5. The molecule has 1 unspecified atom stereocenters. The number of amides is 1. The van der Waals surface area contributed by atoms with Gasteiger partial charge in [-0.15, -0.1) is 0 Å². The number of hydrogen-bond donors (Lipinski definition) is 1. The minimum Gasteiger partial charge on any atom is -0.743 e. The molecule has 0 aliphatic carbocycles. The van der Waals surface area contributed by atoms with Crippen LogP contribution in [-0.4, -0.2) is 61.1 Å². The summed E-state index contributed by atoms with van der Waals surface area (Å²) in [4.78, 5) is 23.3. The average Bonchev–Trinajstić information content (AvgIpc) is 2.58. The van der Waals surface area contributed by atoms with Gasteiger partial charge in [0, 0.05) is 19.0 Å². The Balaban J connectivity index is 5.85. The first-order valence-corrected chi connectivity index (χ1v) is 9.36. The van der Waals surface area contributed by atoms with Gasteiger partial charge in [-0.3, -0.25) is 4.79 Å². The van der Waals surface area contributed by atoms with Crippen LogP contribution in [-0.2, 0) is 29.2 Å². The van der Waals surface area contributed by atoms with E-state index in [0.29, 0.717) is 6.42 Å². The van der Waals surface area contributed by atoms with Crippen molar-refractivity contribution in [2.75, 3.05) is 13.2 Å². The van der Waals surface area contributed by atoms with Gasteiger partial charge in [0.05, 0.1) is 6.61 Å². The largest absolute Gasteiger partial charge is 0.743 e. The molecule has 176 valence electrons. The van der Waals surface area contributed by atoms with E-state index in [1.54, 1.807) is 12.2 Å². The lowest BCUT2D eigenvalue weighted by molar-refractivity contribution is -0.349. The van der Waals surface area contributed by atoms with Crippen molar-refractivity contribution >= 4 is 22.0 Å². The van der Waals surface area contributed by atoms with E-state index < -0.39 is 58.2 Å². The molecule has 0 aromatic carbocycles. The van der Waals surface area contributed by atoms with Crippen molar-refractivity contribution in [2.24, 2.45) is 0 Å².